The highest BCUT2D eigenvalue weighted by Gasteiger charge is 2.25. The Balaban J connectivity index is 2.35. The number of rotatable bonds is 4. The molecule has 8 heteroatoms. The van der Waals surface area contributed by atoms with Crippen LogP contribution in [0.15, 0.2) is 12.1 Å². The van der Waals surface area contributed by atoms with Crippen LogP contribution in [0.25, 0.3) is 0 Å². The van der Waals surface area contributed by atoms with Crippen molar-refractivity contribution < 1.29 is 19.2 Å². The predicted octanol–water partition coefficient (Wildman–Crippen LogP) is 1.55. The Morgan fingerprint density at radius 1 is 1.60 bits per heavy atom. The Morgan fingerprint density at radius 2 is 2.30 bits per heavy atom. The molecule has 1 fully saturated rings. The molecule has 1 aromatic carbocycles. The van der Waals surface area contributed by atoms with Crippen LogP contribution >= 0.6 is 0 Å². The number of nitrogens with zero attached hydrogens (tertiary/aromatic N) is 2. The number of nitro groups is 1. The normalized spacial score (nSPS) is 19.0. The molecule has 7 nitrogen and oxygen atoms in total. The summed E-state index contributed by atoms with van der Waals surface area (Å²) in [5.41, 5.74) is -0.999. The fourth-order valence-electron chi connectivity index (χ4n) is 2.27. The third kappa shape index (κ3) is 2.85. The summed E-state index contributed by atoms with van der Waals surface area (Å²) in [4.78, 5) is 23.2. The fourth-order valence-corrected chi connectivity index (χ4v) is 2.27. The summed E-state index contributed by atoms with van der Waals surface area (Å²) in [6, 6.07) is 1.60. The minimum Gasteiger partial charge on any atom is -0.478 e. The molecule has 0 radical (unpaired) electrons. The van der Waals surface area contributed by atoms with Crippen LogP contribution in [-0.2, 0) is 0 Å². The van der Waals surface area contributed by atoms with E-state index in [1.54, 1.807) is 0 Å². The van der Waals surface area contributed by atoms with Gasteiger partial charge in [-0.1, -0.05) is 0 Å². The molecule has 1 heterocycles. The molecule has 2 rings (SSSR count). The molecule has 0 saturated carbocycles. The highest BCUT2D eigenvalue weighted by molar-refractivity contribution is 5.90. The summed E-state index contributed by atoms with van der Waals surface area (Å²) in [6.45, 7) is 1.54. The number of likely N-dealkylation sites (tertiary alicyclic amines) is 1. The lowest BCUT2D eigenvalue weighted by atomic mass is 10.1. The van der Waals surface area contributed by atoms with Gasteiger partial charge in [-0.3, -0.25) is 10.1 Å². The summed E-state index contributed by atoms with van der Waals surface area (Å²) in [5, 5.41) is 22.7. The SMILES string of the molecule is CN1CCC(Nc2cc(C(=O)O)c(F)cc2[N+](=O)[O-])C1. The average molecular weight is 283 g/mol. The molecule has 1 aliphatic heterocycles. The van der Waals surface area contributed by atoms with Gasteiger partial charge in [0.2, 0.25) is 0 Å². The van der Waals surface area contributed by atoms with E-state index in [4.69, 9.17) is 5.11 Å². The Bertz CT molecular complexity index is 564. The van der Waals surface area contributed by atoms with E-state index in [0.717, 1.165) is 19.0 Å². The number of carboxylic acids is 1. The first-order chi connectivity index (χ1) is 9.38. The van der Waals surface area contributed by atoms with Gasteiger partial charge in [0.25, 0.3) is 5.69 Å². The monoisotopic (exact) mass is 283 g/mol. The van der Waals surface area contributed by atoms with Gasteiger partial charge in [0.15, 0.2) is 0 Å². The van der Waals surface area contributed by atoms with Crippen molar-refractivity contribution in [1.29, 1.82) is 0 Å². The number of carbonyl (C=O) groups is 1. The van der Waals surface area contributed by atoms with Crippen molar-refractivity contribution in [2.45, 2.75) is 12.5 Å². The van der Waals surface area contributed by atoms with Crippen LogP contribution in [0.3, 0.4) is 0 Å². The molecule has 2 N–H and O–H groups in total. The van der Waals surface area contributed by atoms with E-state index in [1.165, 1.54) is 0 Å². The fraction of sp³-hybridized carbons (Fsp3) is 0.417. The van der Waals surface area contributed by atoms with Crippen molar-refractivity contribution in [3.63, 3.8) is 0 Å². The number of carboxylic acid groups (broad SMARTS) is 1. The number of hydrogen-bond acceptors (Lipinski definition) is 5. The molecule has 1 unspecified atom stereocenters. The van der Waals surface area contributed by atoms with Crippen LogP contribution < -0.4 is 5.32 Å². The van der Waals surface area contributed by atoms with Gasteiger partial charge in [0.1, 0.15) is 11.5 Å². The molecule has 108 valence electrons. The summed E-state index contributed by atoms with van der Waals surface area (Å²) < 4.78 is 13.5. The number of aromatic carboxylic acids is 1. The van der Waals surface area contributed by atoms with Crippen LogP contribution in [0.5, 0.6) is 0 Å². The van der Waals surface area contributed by atoms with Gasteiger partial charge in [-0.25, -0.2) is 9.18 Å². The minimum absolute atomic E-state index is 0.0224. The van der Waals surface area contributed by atoms with Crippen molar-refractivity contribution >= 4 is 17.3 Å². The second-order valence-corrected chi connectivity index (χ2v) is 4.80. The molecule has 1 aliphatic rings. The molecular weight excluding hydrogens is 269 g/mol. The van der Waals surface area contributed by atoms with E-state index in [9.17, 15) is 19.3 Å². The number of anilines is 1. The maximum absolute atomic E-state index is 13.5. The van der Waals surface area contributed by atoms with Crippen LogP contribution in [-0.4, -0.2) is 47.1 Å². The zero-order valence-corrected chi connectivity index (χ0v) is 10.8. The van der Waals surface area contributed by atoms with Crippen molar-refractivity contribution in [2.75, 3.05) is 25.5 Å². The largest absolute Gasteiger partial charge is 0.478 e. The first kappa shape index (κ1) is 14.2. The van der Waals surface area contributed by atoms with Gasteiger partial charge >= 0.3 is 5.97 Å². The lowest BCUT2D eigenvalue weighted by Crippen LogP contribution is -2.24. The molecular formula is C12H14FN3O4. The van der Waals surface area contributed by atoms with Gasteiger partial charge < -0.3 is 15.3 Å². The van der Waals surface area contributed by atoms with Crippen molar-refractivity contribution in [2.24, 2.45) is 0 Å². The third-order valence-electron chi connectivity index (χ3n) is 3.26. The first-order valence-electron chi connectivity index (χ1n) is 6.05. The third-order valence-corrected chi connectivity index (χ3v) is 3.26. The van der Waals surface area contributed by atoms with Gasteiger partial charge in [0.05, 0.1) is 16.6 Å². The Labute approximate surface area is 114 Å². The molecule has 0 aromatic heterocycles. The summed E-state index contributed by atoms with van der Waals surface area (Å²) >= 11 is 0. The molecule has 1 aromatic rings. The average Bonchev–Trinajstić information content (AvgIpc) is 2.76. The predicted molar refractivity (Wildman–Crippen MR) is 69.5 cm³/mol. The molecule has 1 atom stereocenters. The quantitative estimate of drug-likeness (QED) is 0.643. The van der Waals surface area contributed by atoms with Gasteiger partial charge in [-0.05, 0) is 26.1 Å². The van der Waals surface area contributed by atoms with Crippen LogP contribution in [0.1, 0.15) is 16.8 Å². The molecule has 1 saturated heterocycles. The number of nitro benzene ring substituents is 1. The van der Waals surface area contributed by atoms with Crippen LogP contribution in [0.4, 0.5) is 15.8 Å². The summed E-state index contributed by atoms with van der Waals surface area (Å²) in [6.07, 6.45) is 0.785. The molecule has 0 spiro atoms. The van der Waals surface area contributed by atoms with E-state index in [0.29, 0.717) is 12.6 Å². The Kier molecular flexibility index (Phi) is 3.84. The van der Waals surface area contributed by atoms with Crippen molar-refractivity contribution in [3.8, 4) is 0 Å². The maximum Gasteiger partial charge on any atom is 0.338 e. The van der Waals surface area contributed by atoms with E-state index in [2.05, 4.69) is 5.32 Å². The van der Waals surface area contributed by atoms with E-state index in [-0.39, 0.29) is 11.7 Å². The number of nitrogens with one attached hydrogen (secondary N) is 1. The van der Waals surface area contributed by atoms with Gasteiger partial charge in [-0.2, -0.15) is 0 Å². The highest BCUT2D eigenvalue weighted by Crippen LogP contribution is 2.29. The lowest BCUT2D eigenvalue weighted by molar-refractivity contribution is -0.384. The highest BCUT2D eigenvalue weighted by atomic mass is 19.1. The first-order valence-corrected chi connectivity index (χ1v) is 6.05. The zero-order valence-electron chi connectivity index (χ0n) is 10.8. The minimum atomic E-state index is -1.45. The standard InChI is InChI=1S/C12H14FN3O4/c1-15-3-2-7(6-15)14-10-4-8(12(17)18)9(13)5-11(10)16(19)20/h4-5,7,14H,2-3,6H2,1H3,(H,17,18). The Morgan fingerprint density at radius 3 is 2.80 bits per heavy atom. The van der Waals surface area contributed by atoms with E-state index < -0.39 is 28.0 Å². The smallest absolute Gasteiger partial charge is 0.338 e. The molecule has 0 amide bonds. The van der Waals surface area contributed by atoms with Crippen LogP contribution in [0.2, 0.25) is 0 Å². The number of halogens is 1. The topological polar surface area (TPSA) is 95.7 Å². The maximum atomic E-state index is 13.5. The number of hydrogen-bond donors (Lipinski definition) is 2. The molecule has 0 aliphatic carbocycles. The van der Waals surface area contributed by atoms with Gasteiger partial charge in [-0.15, -0.1) is 0 Å². The van der Waals surface area contributed by atoms with Crippen molar-refractivity contribution in [3.05, 3.63) is 33.6 Å². The van der Waals surface area contributed by atoms with Crippen LogP contribution in [0, 0.1) is 15.9 Å². The van der Waals surface area contributed by atoms with Crippen molar-refractivity contribution in [1.82, 2.24) is 4.90 Å². The summed E-state index contributed by atoms with van der Waals surface area (Å²) in [7, 11) is 1.92. The second-order valence-electron chi connectivity index (χ2n) is 4.80. The second kappa shape index (κ2) is 5.41. The number of benzene rings is 1. The summed E-state index contributed by atoms with van der Waals surface area (Å²) in [5.74, 6) is -2.57. The lowest BCUT2D eigenvalue weighted by Gasteiger charge is -2.15. The number of likely N-dealkylation sites (N-methyl/N-ethyl adjacent to an activating group) is 1. The van der Waals surface area contributed by atoms with E-state index >= 15 is 0 Å². The molecule has 20 heavy (non-hydrogen) atoms. The van der Waals surface area contributed by atoms with E-state index in [1.807, 2.05) is 11.9 Å². The van der Waals surface area contributed by atoms with Gasteiger partial charge in [0, 0.05) is 12.6 Å². The zero-order chi connectivity index (χ0) is 14.9. The molecule has 0 bridgehead atoms. The Hall–Kier alpha value is -2.22.